The molecular formula is C23H24BrN3O5. The summed E-state index contributed by atoms with van der Waals surface area (Å²) in [5.74, 6) is -0.777. The molecule has 0 saturated carbocycles. The van der Waals surface area contributed by atoms with E-state index in [9.17, 15) is 14.7 Å². The first-order chi connectivity index (χ1) is 14.9. The maximum atomic E-state index is 12.6. The van der Waals surface area contributed by atoms with Gasteiger partial charge in [0.2, 0.25) is 11.8 Å². The molecule has 8 nitrogen and oxygen atoms in total. The van der Waals surface area contributed by atoms with Crippen molar-refractivity contribution in [1.82, 2.24) is 15.5 Å². The Balaban J connectivity index is 1.98. The van der Waals surface area contributed by atoms with Gasteiger partial charge in [-0.3, -0.25) is 0 Å². The summed E-state index contributed by atoms with van der Waals surface area (Å²) in [5, 5.41) is 20.4. The number of hydrogen-bond donors (Lipinski definition) is 2. The van der Waals surface area contributed by atoms with E-state index in [1.54, 1.807) is 33.8 Å². The van der Waals surface area contributed by atoms with E-state index in [-0.39, 0.29) is 17.3 Å². The maximum absolute atomic E-state index is 12.6. The van der Waals surface area contributed by atoms with Crippen LogP contribution in [-0.2, 0) is 16.7 Å². The predicted molar refractivity (Wildman–Crippen MR) is 121 cm³/mol. The van der Waals surface area contributed by atoms with Crippen molar-refractivity contribution < 1.29 is 23.8 Å². The zero-order chi connectivity index (χ0) is 23.5. The molecule has 0 aliphatic heterocycles. The van der Waals surface area contributed by atoms with Crippen LogP contribution in [0, 0.1) is 0 Å². The smallest absolute Gasteiger partial charge is 0.408 e. The van der Waals surface area contributed by atoms with E-state index in [2.05, 4.69) is 31.4 Å². The van der Waals surface area contributed by atoms with E-state index in [0.29, 0.717) is 16.5 Å². The molecular weight excluding hydrogens is 478 g/mol. The number of carboxylic acids is 1. The first-order valence-electron chi connectivity index (χ1n) is 9.88. The Morgan fingerprint density at radius 3 is 2.41 bits per heavy atom. The lowest BCUT2D eigenvalue weighted by Crippen LogP contribution is -2.47. The van der Waals surface area contributed by atoms with Crippen LogP contribution in [0.25, 0.3) is 11.5 Å². The molecule has 1 unspecified atom stereocenters. The van der Waals surface area contributed by atoms with Crippen LogP contribution in [0.4, 0.5) is 4.79 Å². The fourth-order valence-electron chi connectivity index (χ4n) is 3.11. The first kappa shape index (κ1) is 23.5. The van der Waals surface area contributed by atoms with Crippen molar-refractivity contribution in [2.24, 2.45) is 0 Å². The van der Waals surface area contributed by atoms with Crippen LogP contribution in [0.3, 0.4) is 0 Å². The van der Waals surface area contributed by atoms with Crippen molar-refractivity contribution in [2.45, 2.75) is 45.3 Å². The summed E-state index contributed by atoms with van der Waals surface area (Å²) in [6.07, 6.45) is -0.251. The van der Waals surface area contributed by atoms with Gasteiger partial charge in [-0.25, -0.2) is 9.59 Å². The average Bonchev–Trinajstić information content (AvgIpc) is 3.17. The molecule has 1 amide bonds. The highest BCUT2D eigenvalue weighted by atomic mass is 79.9. The topological polar surface area (TPSA) is 115 Å². The summed E-state index contributed by atoms with van der Waals surface area (Å²) in [7, 11) is 0. The molecule has 0 saturated heterocycles. The van der Waals surface area contributed by atoms with Gasteiger partial charge in [-0.15, -0.1) is 10.2 Å². The molecule has 0 aliphatic rings. The van der Waals surface area contributed by atoms with Gasteiger partial charge in [-0.2, -0.15) is 0 Å². The van der Waals surface area contributed by atoms with Crippen molar-refractivity contribution >= 4 is 28.0 Å². The summed E-state index contributed by atoms with van der Waals surface area (Å²) in [6.45, 7) is 7.10. The number of hydrogen-bond acceptors (Lipinski definition) is 6. The predicted octanol–water partition coefficient (Wildman–Crippen LogP) is 5.18. The number of carbonyl (C=O) groups is 2. The number of ether oxygens (including phenoxy) is 1. The Morgan fingerprint density at radius 2 is 1.78 bits per heavy atom. The largest absolute Gasteiger partial charge is 0.478 e. The lowest BCUT2D eigenvalue weighted by atomic mass is 9.92. The molecule has 2 N–H and O–H groups in total. The molecule has 0 radical (unpaired) electrons. The van der Waals surface area contributed by atoms with E-state index in [4.69, 9.17) is 9.15 Å². The van der Waals surface area contributed by atoms with E-state index in [0.717, 1.165) is 5.56 Å². The van der Waals surface area contributed by atoms with Gasteiger partial charge in [0.05, 0.1) is 5.56 Å². The molecule has 0 aliphatic carbocycles. The van der Waals surface area contributed by atoms with E-state index in [1.165, 1.54) is 12.1 Å². The summed E-state index contributed by atoms with van der Waals surface area (Å²) in [5.41, 5.74) is -0.290. The van der Waals surface area contributed by atoms with Crippen molar-refractivity contribution in [3.63, 3.8) is 0 Å². The van der Waals surface area contributed by atoms with E-state index < -0.39 is 23.2 Å². The molecule has 3 aromatic rings. The SMILES string of the molecule is CC(C)(C)OC(=O)NC(C)(Cc1ccccc1)c1nnc(-c2cc(Br)cc(C(=O)O)c2)o1. The number of halogens is 1. The average molecular weight is 502 g/mol. The number of benzene rings is 2. The molecule has 0 spiro atoms. The van der Waals surface area contributed by atoms with Gasteiger partial charge in [0.25, 0.3) is 0 Å². The fourth-order valence-corrected chi connectivity index (χ4v) is 3.60. The third kappa shape index (κ3) is 5.94. The Morgan fingerprint density at radius 1 is 1.09 bits per heavy atom. The molecule has 32 heavy (non-hydrogen) atoms. The lowest BCUT2D eigenvalue weighted by molar-refractivity contribution is 0.0443. The number of amides is 1. The molecule has 1 heterocycles. The minimum absolute atomic E-state index is 0.0769. The van der Waals surface area contributed by atoms with E-state index in [1.807, 2.05) is 30.3 Å². The van der Waals surface area contributed by atoms with Gasteiger partial charge < -0.3 is 19.6 Å². The Hall–Kier alpha value is -3.20. The van der Waals surface area contributed by atoms with E-state index >= 15 is 0 Å². The van der Waals surface area contributed by atoms with Crippen LogP contribution in [0.15, 0.2) is 57.4 Å². The maximum Gasteiger partial charge on any atom is 0.408 e. The minimum atomic E-state index is -1.08. The highest BCUT2D eigenvalue weighted by Crippen LogP contribution is 2.30. The highest BCUT2D eigenvalue weighted by Gasteiger charge is 2.36. The quantitative estimate of drug-likeness (QED) is 0.477. The number of rotatable bonds is 6. The molecule has 1 aromatic heterocycles. The molecule has 9 heteroatoms. The number of carboxylic acid groups (broad SMARTS) is 1. The third-order valence-electron chi connectivity index (χ3n) is 4.47. The molecule has 168 valence electrons. The van der Waals surface area contributed by atoms with Crippen LogP contribution < -0.4 is 5.32 Å². The second kappa shape index (κ2) is 9.12. The lowest BCUT2D eigenvalue weighted by Gasteiger charge is -2.29. The zero-order valence-electron chi connectivity index (χ0n) is 18.2. The molecule has 1 atom stereocenters. The Kier molecular flexibility index (Phi) is 6.68. The van der Waals surface area contributed by atoms with Crippen LogP contribution in [-0.4, -0.2) is 33.0 Å². The van der Waals surface area contributed by atoms with Gasteiger partial charge in [0.1, 0.15) is 11.1 Å². The van der Waals surface area contributed by atoms with Gasteiger partial charge >= 0.3 is 12.1 Å². The second-order valence-electron chi connectivity index (χ2n) is 8.57. The zero-order valence-corrected chi connectivity index (χ0v) is 19.8. The molecule has 0 fully saturated rings. The molecule has 3 rings (SSSR count). The monoisotopic (exact) mass is 501 g/mol. The number of alkyl carbamates (subject to hydrolysis) is 1. The van der Waals surface area contributed by atoms with Crippen LogP contribution >= 0.6 is 15.9 Å². The Bertz CT molecular complexity index is 1120. The normalized spacial score (nSPS) is 13.3. The fraction of sp³-hybridized carbons (Fsp3) is 0.304. The van der Waals surface area contributed by atoms with Crippen LogP contribution in [0.2, 0.25) is 0 Å². The van der Waals surface area contributed by atoms with Crippen molar-refractivity contribution in [3.05, 3.63) is 70.0 Å². The van der Waals surface area contributed by atoms with Crippen molar-refractivity contribution in [1.29, 1.82) is 0 Å². The van der Waals surface area contributed by atoms with Gasteiger partial charge in [0, 0.05) is 16.5 Å². The third-order valence-corrected chi connectivity index (χ3v) is 4.92. The number of nitrogens with one attached hydrogen (secondary N) is 1. The molecule has 2 aromatic carbocycles. The van der Waals surface area contributed by atoms with Crippen LogP contribution in [0.1, 0.15) is 49.5 Å². The highest BCUT2D eigenvalue weighted by molar-refractivity contribution is 9.10. The number of nitrogens with zero attached hydrogens (tertiary/aromatic N) is 2. The summed E-state index contributed by atoms with van der Waals surface area (Å²) < 4.78 is 11.9. The summed E-state index contributed by atoms with van der Waals surface area (Å²) >= 11 is 3.30. The second-order valence-corrected chi connectivity index (χ2v) is 9.48. The standard InChI is InChI=1S/C23H24BrN3O5/c1-22(2,3)32-21(30)25-23(4,13-14-8-6-5-7-9-14)20-27-26-18(31-20)15-10-16(19(28)29)12-17(24)11-15/h5-12H,13H2,1-4H3,(H,25,30)(H,28,29). The first-order valence-corrected chi connectivity index (χ1v) is 10.7. The molecule has 0 bridgehead atoms. The number of aromatic nitrogens is 2. The Labute approximate surface area is 194 Å². The van der Waals surface area contributed by atoms with Gasteiger partial charge in [-0.1, -0.05) is 46.3 Å². The van der Waals surface area contributed by atoms with Crippen molar-refractivity contribution in [2.75, 3.05) is 0 Å². The van der Waals surface area contributed by atoms with Crippen molar-refractivity contribution in [3.8, 4) is 11.5 Å². The van der Waals surface area contributed by atoms with Gasteiger partial charge in [-0.05, 0) is 51.5 Å². The summed E-state index contributed by atoms with van der Waals surface area (Å²) in [6, 6.07) is 14.2. The number of carbonyl (C=O) groups excluding carboxylic acids is 1. The number of aromatic carboxylic acids is 1. The van der Waals surface area contributed by atoms with Crippen LogP contribution in [0.5, 0.6) is 0 Å². The van der Waals surface area contributed by atoms with Gasteiger partial charge in [0.15, 0.2) is 0 Å². The minimum Gasteiger partial charge on any atom is -0.478 e. The summed E-state index contributed by atoms with van der Waals surface area (Å²) in [4.78, 5) is 24.0.